The number of nitrogens with zero attached hydrogens (tertiary/aromatic N) is 2. The second-order valence-electron chi connectivity index (χ2n) is 8.57. The molecular formula is C28H34N4OS2. The Morgan fingerprint density at radius 2 is 1.11 bits per heavy atom. The fraction of sp³-hybridized carbons (Fsp3) is 0.357. The largest absolute Gasteiger partial charge is 0.366 e. The van der Waals surface area contributed by atoms with Gasteiger partial charge in [0.2, 0.25) is 0 Å². The second kappa shape index (κ2) is 13.6. The Bertz CT molecular complexity index is 1010. The number of benzene rings is 2. The number of nitrogens with one attached hydrogen (secondary N) is 2. The Morgan fingerprint density at radius 3 is 1.46 bits per heavy atom. The van der Waals surface area contributed by atoms with Gasteiger partial charge in [-0.2, -0.15) is 0 Å². The average molecular weight is 507 g/mol. The first-order valence-electron chi connectivity index (χ1n) is 12.1. The number of thioether (sulfide) groups is 2. The number of hydrogen-bond acceptors (Lipinski definition) is 5. The molecule has 0 aliphatic heterocycles. The molecule has 0 aliphatic rings. The summed E-state index contributed by atoms with van der Waals surface area (Å²) in [7, 11) is 0. The minimum atomic E-state index is 0.0282. The van der Waals surface area contributed by atoms with Gasteiger partial charge in [0.05, 0.1) is 36.3 Å². The van der Waals surface area contributed by atoms with E-state index in [9.17, 15) is 0 Å². The van der Waals surface area contributed by atoms with E-state index in [1.165, 1.54) is 20.9 Å². The molecule has 0 spiro atoms. The molecule has 7 heteroatoms. The van der Waals surface area contributed by atoms with Crippen LogP contribution in [0.3, 0.4) is 0 Å². The lowest BCUT2D eigenvalue weighted by Gasteiger charge is -2.26. The molecule has 2 aromatic carbocycles. The molecule has 2 heterocycles. The highest BCUT2D eigenvalue weighted by Crippen LogP contribution is 2.35. The monoisotopic (exact) mass is 506 g/mol. The molecule has 2 N–H and O–H groups in total. The van der Waals surface area contributed by atoms with Gasteiger partial charge < -0.3 is 14.7 Å². The van der Waals surface area contributed by atoms with Crippen LogP contribution in [0.4, 0.5) is 0 Å². The Hall–Kier alpha value is -2.48. The SMILES string of the molecule is CSc1ccc(C(CCCc2c[nH]cn2)OC(CCCc2c[nH]cn2)c2ccc(SC)cc2)cc1. The van der Waals surface area contributed by atoms with Crippen molar-refractivity contribution in [3.05, 3.63) is 96.1 Å². The number of rotatable bonds is 14. The third kappa shape index (κ3) is 7.75. The summed E-state index contributed by atoms with van der Waals surface area (Å²) < 4.78 is 6.94. The maximum atomic E-state index is 6.94. The number of H-pyrrole nitrogens is 2. The zero-order chi connectivity index (χ0) is 24.3. The van der Waals surface area contributed by atoms with Crippen molar-refractivity contribution in [3.8, 4) is 0 Å². The normalized spacial score (nSPS) is 13.1. The number of aryl methyl sites for hydroxylation is 2. The molecule has 0 saturated heterocycles. The summed E-state index contributed by atoms with van der Waals surface area (Å²) in [6.07, 6.45) is 17.6. The summed E-state index contributed by atoms with van der Waals surface area (Å²) in [6, 6.07) is 17.7. The van der Waals surface area contributed by atoms with Crippen molar-refractivity contribution in [2.24, 2.45) is 0 Å². The van der Waals surface area contributed by atoms with Crippen LogP contribution >= 0.6 is 23.5 Å². The van der Waals surface area contributed by atoms with Crippen LogP contribution in [-0.4, -0.2) is 32.4 Å². The Labute approximate surface area is 216 Å². The quantitative estimate of drug-likeness (QED) is 0.174. The van der Waals surface area contributed by atoms with E-state index in [2.05, 4.69) is 81.0 Å². The first-order chi connectivity index (χ1) is 17.2. The highest BCUT2D eigenvalue weighted by atomic mass is 32.2. The van der Waals surface area contributed by atoms with Crippen LogP contribution in [0, 0.1) is 0 Å². The topological polar surface area (TPSA) is 66.6 Å². The molecule has 0 aliphatic carbocycles. The Kier molecular flexibility index (Phi) is 9.93. The van der Waals surface area contributed by atoms with Gasteiger partial charge in [-0.1, -0.05) is 24.3 Å². The molecule has 0 radical (unpaired) electrons. The molecule has 0 fully saturated rings. The highest BCUT2D eigenvalue weighted by molar-refractivity contribution is 7.98. The number of imidazole rings is 2. The second-order valence-corrected chi connectivity index (χ2v) is 10.3. The molecule has 2 aromatic heterocycles. The number of hydrogen-bond donors (Lipinski definition) is 2. The van der Waals surface area contributed by atoms with E-state index in [-0.39, 0.29) is 12.2 Å². The third-order valence-electron chi connectivity index (χ3n) is 6.21. The fourth-order valence-electron chi connectivity index (χ4n) is 4.25. The van der Waals surface area contributed by atoms with Crippen molar-refractivity contribution in [1.82, 2.24) is 19.9 Å². The lowest BCUT2D eigenvalue weighted by Crippen LogP contribution is -2.12. The van der Waals surface area contributed by atoms with Crippen LogP contribution < -0.4 is 0 Å². The molecule has 0 bridgehead atoms. The predicted molar refractivity (Wildman–Crippen MR) is 146 cm³/mol. The summed E-state index contributed by atoms with van der Waals surface area (Å²) in [5.41, 5.74) is 4.68. The van der Waals surface area contributed by atoms with Crippen LogP contribution in [0.25, 0.3) is 0 Å². The number of ether oxygens (including phenoxy) is 1. The Morgan fingerprint density at radius 1 is 0.686 bits per heavy atom. The van der Waals surface area contributed by atoms with Gasteiger partial charge in [-0.25, -0.2) is 9.97 Å². The van der Waals surface area contributed by atoms with E-state index >= 15 is 0 Å². The van der Waals surface area contributed by atoms with Gasteiger partial charge in [-0.05, 0) is 86.4 Å². The zero-order valence-electron chi connectivity index (χ0n) is 20.4. The molecule has 5 nitrogen and oxygen atoms in total. The number of aromatic nitrogens is 4. The van der Waals surface area contributed by atoms with E-state index in [0.29, 0.717) is 0 Å². The summed E-state index contributed by atoms with van der Waals surface area (Å²) in [6.45, 7) is 0. The van der Waals surface area contributed by atoms with E-state index in [1.54, 1.807) is 36.2 Å². The minimum absolute atomic E-state index is 0.0282. The first-order valence-corrected chi connectivity index (χ1v) is 14.6. The molecule has 0 saturated carbocycles. The van der Waals surface area contributed by atoms with Crippen molar-refractivity contribution in [2.75, 3.05) is 12.5 Å². The molecule has 35 heavy (non-hydrogen) atoms. The van der Waals surface area contributed by atoms with Gasteiger partial charge in [0, 0.05) is 22.2 Å². The molecular weight excluding hydrogens is 472 g/mol. The van der Waals surface area contributed by atoms with Crippen LogP contribution in [-0.2, 0) is 17.6 Å². The van der Waals surface area contributed by atoms with E-state index in [4.69, 9.17) is 4.74 Å². The molecule has 4 aromatic rings. The van der Waals surface area contributed by atoms with Crippen molar-refractivity contribution in [2.45, 2.75) is 60.5 Å². The summed E-state index contributed by atoms with van der Waals surface area (Å²) in [4.78, 5) is 17.4. The van der Waals surface area contributed by atoms with Crippen molar-refractivity contribution in [3.63, 3.8) is 0 Å². The fourth-order valence-corrected chi connectivity index (χ4v) is 5.07. The molecule has 184 valence electrons. The lowest BCUT2D eigenvalue weighted by atomic mass is 9.99. The maximum Gasteiger partial charge on any atom is 0.0923 e. The minimum Gasteiger partial charge on any atom is -0.366 e. The van der Waals surface area contributed by atoms with Crippen molar-refractivity contribution in [1.29, 1.82) is 0 Å². The van der Waals surface area contributed by atoms with Gasteiger partial charge >= 0.3 is 0 Å². The summed E-state index contributed by atoms with van der Waals surface area (Å²) >= 11 is 3.53. The van der Waals surface area contributed by atoms with E-state index in [0.717, 1.165) is 49.9 Å². The van der Waals surface area contributed by atoms with Gasteiger partial charge in [0.1, 0.15) is 0 Å². The summed E-state index contributed by atoms with van der Waals surface area (Å²) in [5, 5.41) is 0. The van der Waals surface area contributed by atoms with Gasteiger partial charge in [0.15, 0.2) is 0 Å². The predicted octanol–water partition coefficient (Wildman–Crippen LogP) is 7.42. The van der Waals surface area contributed by atoms with Crippen LogP contribution in [0.1, 0.15) is 60.4 Å². The number of aromatic amines is 2. The van der Waals surface area contributed by atoms with Crippen LogP contribution in [0.15, 0.2) is 83.4 Å². The van der Waals surface area contributed by atoms with E-state index < -0.39 is 0 Å². The lowest BCUT2D eigenvalue weighted by molar-refractivity contribution is -0.0258. The molecule has 0 amide bonds. The average Bonchev–Trinajstić information content (AvgIpc) is 3.62. The van der Waals surface area contributed by atoms with Crippen LogP contribution in [0.2, 0.25) is 0 Å². The first kappa shape index (κ1) is 25.6. The smallest absolute Gasteiger partial charge is 0.0923 e. The van der Waals surface area contributed by atoms with Crippen LogP contribution in [0.5, 0.6) is 0 Å². The molecule has 2 atom stereocenters. The van der Waals surface area contributed by atoms with Gasteiger partial charge in [0.25, 0.3) is 0 Å². The molecule has 4 rings (SSSR count). The van der Waals surface area contributed by atoms with Crippen molar-refractivity contribution < 1.29 is 4.74 Å². The third-order valence-corrected chi connectivity index (χ3v) is 7.70. The Balaban J connectivity index is 1.51. The van der Waals surface area contributed by atoms with E-state index in [1.807, 2.05) is 12.4 Å². The maximum absolute atomic E-state index is 6.94. The zero-order valence-corrected chi connectivity index (χ0v) is 22.1. The highest BCUT2D eigenvalue weighted by Gasteiger charge is 2.21. The van der Waals surface area contributed by atoms with Gasteiger partial charge in [-0.3, -0.25) is 0 Å². The standard InChI is InChI=1S/C28H34N4OS2/c1-34-25-13-9-21(10-14-25)27(7-3-5-23-17-29-19-31-23)33-28(8-4-6-24-18-30-20-32-24)22-11-15-26(35-2)16-12-22/h9-20,27-28H,3-8H2,1-2H3,(H,29,31)(H,30,32). The summed E-state index contributed by atoms with van der Waals surface area (Å²) in [5.74, 6) is 0. The van der Waals surface area contributed by atoms with Crippen molar-refractivity contribution >= 4 is 23.5 Å². The molecule has 2 unspecified atom stereocenters. The van der Waals surface area contributed by atoms with Gasteiger partial charge in [-0.15, -0.1) is 23.5 Å².